The zero-order chi connectivity index (χ0) is 19.5. The van der Waals surface area contributed by atoms with E-state index in [1.54, 1.807) is 12.1 Å². The zero-order valence-corrected chi connectivity index (χ0v) is 17.9. The van der Waals surface area contributed by atoms with Gasteiger partial charge in [0.1, 0.15) is 0 Å². The van der Waals surface area contributed by atoms with Gasteiger partial charge in [0.25, 0.3) is 0 Å². The van der Waals surface area contributed by atoms with Crippen LogP contribution in [-0.4, -0.2) is 28.1 Å². The molecule has 0 amide bonds. The molecule has 1 fully saturated rings. The number of hydrogen-bond donors (Lipinski definition) is 2. The van der Waals surface area contributed by atoms with Crippen molar-refractivity contribution >= 4 is 57.1 Å². The van der Waals surface area contributed by atoms with Gasteiger partial charge in [-0.15, -0.1) is 0 Å². The first-order chi connectivity index (χ1) is 13.6. The Hall–Kier alpha value is -1.75. The third-order valence-electron chi connectivity index (χ3n) is 5.57. The molecule has 1 aliphatic heterocycles. The summed E-state index contributed by atoms with van der Waals surface area (Å²) in [5.74, 6) is 0.738. The summed E-state index contributed by atoms with van der Waals surface area (Å²) in [5.41, 5.74) is 3.41. The number of benzene rings is 2. The molecule has 0 unspecified atom stereocenters. The summed E-state index contributed by atoms with van der Waals surface area (Å²) in [7, 11) is 0. The SMILES string of the molecule is S=C(Nc1cc(Cl)ccc1Cl)N1CCC(CCc2c[nH]c3ccccc23)CC1. The number of piperidine rings is 1. The summed E-state index contributed by atoms with van der Waals surface area (Å²) >= 11 is 17.9. The van der Waals surface area contributed by atoms with Gasteiger partial charge < -0.3 is 15.2 Å². The van der Waals surface area contributed by atoms with Crippen molar-refractivity contribution in [1.82, 2.24) is 9.88 Å². The van der Waals surface area contributed by atoms with Crippen molar-refractivity contribution in [2.45, 2.75) is 25.7 Å². The van der Waals surface area contributed by atoms with Crippen LogP contribution >= 0.6 is 35.4 Å². The number of fused-ring (bicyclic) bond motifs is 1. The molecular formula is C22H23Cl2N3S. The summed E-state index contributed by atoms with van der Waals surface area (Å²) < 4.78 is 0. The van der Waals surface area contributed by atoms with Crippen molar-refractivity contribution in [3.63, 3.8) is 0 Å². The van der Waals surface area contributed by atoms with Crippen LogP contribution in [0.4, 0.5) is 5.69 Å². The molecule has 0 radical (unpaired) electrons. The number of rotatable bonds is 4. The Kier molecular flexibility index (Phi) is 6.10. The molecule has 1 saturated heterocycles. The van der Waals surface area contributed by atoms with Crippen molar-refractivity contribution < 1.29 is 0 Å². The van der Waals surface area contributed by atoms with Gasteiger partial charge in [0.15, 0.2) is 5.11 Å². The maximum atomic E-state index is 6.23. The number of H-pyrrole nitrogens is 1. The van der Waals surface area contributed by atoms with E-state index >= 15 is 0 Å². The van der Waals surface area contributed by atoms with Crippen LogP contribution in [0, 0.1) is 5.92 Å². The summed E-state index contributed by atoms with van der Waals surface area (Å²) in [6, 6.07) is 13.9. The van der Waals surface area contributed by atoms with Crippen molar-refractivity contribution in [2.75, 3.05) is 18.4 Å². The summed E-state index contributed by atoms with van der Waals surface area (Å²) in [6.45, 7) is 1.95. The lowest BCUT2D eigenvalue weighted by molar-refractivity contribution is 0.259. The van der Waals surface area contributed by atoms with Crippen LogP contribution in [-0.2, 0) is 6.42 Å². The maximum Gasteiger partial charge on any atom is 0.173 e. The summed E-state index contributed by atoms with van der Waals surface area (Å²) in [4.78, 5) is 5.61. The molecule has 3 nitrogen and oxygen atoms in total. The standard InChI is InChI=1S/C22H23Cl2N3S/c23-17-7-8-19(24)21(13-17)26-22(28)27-11-9-15(10-12-27)5-6-16-14-25-20-4-2-1-3-18(16)20/h1-4,7-8,13-15,25H,5-6,9-12H2,(H,26,28). The Labute approximate surface area is 181 Å². The van der Waals surface area contributed by atoms with Gasteiger partial charge in [-0.05, 0) is 73.6 Å². The van der Waals surface area contributed by atoms with Gasteiger partial charge in [0, 0.05) is 35.2 Å². The average molecular weight is 432 g/mol. The predicted molar refractivity (Wildman–Crippen MR) is 124 cm³/mol. The second-order valence-corrected chi connectivity index (χ2v) is 8.61. The van der Waals surface area contributed by atoms with Crippen molar-refractivity contribution in [3.8, 4) is 0 Å². The molecule has 0 atom stereocenters. The molecule has 28 heavy (non-hydrogen) atoms. The van der Waals surface area contributed by atoms with Crippen LogP contribution in [0.5, 0.6) is 0 Å². The van der Waals surface area contributed by atoms with E-state index in [-0.39, 0.29) is 0 Å². The first kappa shape index (κ1) is 19.6. The lowest BCUT2D eigenvalue weighted by Crippen LogP contribution is -2.41. The molecule has 0 saturated carbocycles. The molecule has 2 heterocycles. The van der Waals surface area contributed by atoms with Crippen LogP contribution in [0.2, 0.25) is 10.0 Å². The van der Waals surface area contributed by atoms with E-state index in [0.717, 1.165) is 49.1 Å². The van der Waals surface area contributed by atoms with E-state index in [1.807, 2.05) is 6.07 Å². The quantitative estimate of drug-likeness (QED) is 0.461. The second-order valence-electron chi connectivity index (χ2n) is 7.38. The van der Waals surface area contributed by atoms with Gasteiger partial charge in [0.05, 0.1) is 10.7 Å². The smallest absolute Gasteiger partial charge is 0.173 e. The van der Waals surface area contributed by atoms with E-state index in [1.165, 1.54) is 22.9 Å². The van der Waals surface area contributed by atoms with Gasteiger partial charge in [-0.2, -0.15) is 0 Å². The number of aryl methyl sites for hydroxylation is 1. The Morgan fingerprint density at radius 1 is 1.14 bits per heavy atom. The third-order valence-corrected chi connectivity index (χ3v) is 6.49. The molecule has 1 aliphatic rings. The number of aromatic amines is 1. The number of nitrogens with one attached hydrogen (secondary N) is 2. The Morgan fingerprint density at radius 2 is 1.93 bits per heavy atom. The van der Waals surface area contributed by atoms with Gasteiger partial charge in [-0.1, -0.05) is 41.4 Å². The Morgan fingerprint density at radius 3 is 2.75 bits per heavy atom. The fraction of sp³-hybridized carbons (Fsp3) is 0.318. The molecular weight excluding hydrogens is 409 g/mol. The number of hydrogen-bond acceptors (Lipinski definition) is 1. The minimum atomic E-state index is 0.625. The van der Waals surface area contributed by atoms with Crippen molar-refractivity contribution in [1.29, 1.82) is 0 Å². The lowest BCUT2D eigenvalue weighted by atomic mass is 9.90. The summed E-state index contributed by atoms with van der Waals surface area (Å²) in [6.07, 6.45) is 6.82. The van der Waals surface area contributed by atoms with Crippen molar-refractivity contribution in [2.24, 2.45) is 5.92 Å². The van der Waals surface area contributed by atoms with E-state index < -0.39 is 0 Å². The largest absolute Gasteiger partial charge is 0.361 e. The monoisotopic (exact) mass is 431 g/mol. The number of nitrogens with zero attached hydrogens (tertiary/aromatic N) is 1. The van der Waals surface area contributed by atoms with Crippen LogP contribution in [0.3, 0.4) is 0 Å². The Balaban J connectivity index is 1.28. The van der Waals surface area contributed by atoms with E-state index in [4.69, 9.17) is 35.4 Å². The van der Waals surface area contributed by atoms with Gasteiger partial charge >= 0.3 is 0 Å². The Bertz CT molecular complexity index is 977. The first-order valence-electron chi connectivity index (χ1n) is 9.66. The number of halogens is 2. The molecule has 0 spiro atoms. The highest BCUT2D eigenvalue weighted by molar-refractivity contribution is 7.80. The minimum Gasteiger partial charge on any atom is -0.361 e. The molecule has 146 valence electrons. The number of aromatic nitrogens is 1. The van der Waals surface area contributed by atoms with Gasteiger partial charge in [-0.3, -0.25) is 0 Å². The molecule has 3 aromatic rings. The third kappa shape index (κ3) is 4.45. The van der Waals surface area contributed by atoms with E-state index in [0.29, 0.717) is 10.0 Å². The number of likely N-dealkylation sites (tertiary alicyclic amines) is 1. The maximum absolute atomic E-state index is 6.23. The number of anilines is 1. The van der Waals surface area contributed by atoms with Gasteiger partial charge in [-0.25, -0.2) is 0 Å². The molecule has 1 aromatic heterocycles. The molecule has 2 aromatic carbocycles. The van der Waals surface area contributed by atoms with Gasteiger partial charge in [0.2, 0.25) is 0 Å². The topological polar surface area (TPSA) is 31.1 Å². The molecule has 6 heteroatoms. The highest BCUT2D eigenvalue weighted by Gasteiger charge is 2.21. The molecule has 2 N–H and O–H groups in total. The molecule has 0 bridgehead atoms. The fourth-order valence-corrected chi connectivity index (χ4v) is 4.54. The average Bonchev–Trinajstić information content (AvgIpc) is 3.13. The van der Waals surface area contributed by atoms with E-state index in [9.17, 15) is 0 Å². The number of thiocarbonyl (C=S) groups is 1. The predicted octanol–water partition coefficient (Wildman–Crippen LogP) is 6.52. The fourth-order valence-electron chi connectivity index (χ4n) is 3.91. The molecule has 4 rings (SSSR count). The highest BCUT2D eigenvalue weighted by atomic mass is 35.5. The van der Waals surface area contributed by atoms with Crippen LogP contribution in [0.15, 0.2) is 48.7 Å². The van der Waals surface area contributed by atoms with Crippen LogP contribution in [0.25, 0.3) is 10.9 Å². The van der Waals surface area contributed by atoms with Crippen LogP contribution in [0.1, 0.15) is 24.8 Å². The van der Waals surface area contributed by atoms with Crippen molar-refractivity contribution in [3.05, 3.63) is 64.3 Å². The number of para-hydroxylation sites is 1. The van der Waals surface area contributed by atoms with E-state index in [2.05, 4.69) is 45.7 Å². The normalized spacial score (nSPS) is 15.1. The second kappa shape index (κ2) is 8.73. The first-order valence-corrected chi connectivity index (χ1v) is 10.8. The van der Waals surface area contributed by atoms with Crippen LogP contribution < -0.4 is 5.32 Å². The minimum absolute atomic E-state index is 0.625. The zero-order valence-electron chi connectivity index (χ0n) is 15.6. The molecule has 0 aliphatic carbocycles. The lowest BCUT2D eigenvalue weighted by Gasteiger charge is -2.34. The highest BCUT2D eigenvalue weighted by Crippen LogP contribution is 2.28. The summed E-state index contributed by atoms with van der Waals surface area (Å²) in [5, 5.41) is 6.59.